The Labute approximate surface area is 219 Å². The van der Waals surface area contributed by atoms with Crippen molar-refractivity contribution in [2.45, 2.75) is 105 Å². The molecule has 0 radical (unpaired) electrons. The second-order valence-corrected chi connectivity index (χ2v) is 13.0. The van der Waals surface area contributed by atoms with Crippen LogP contribution < -0.4 is 0 Å². The number of ether oxygens (including phenoxy) is 3. The van der Waals surface area contributed by atoms with E-state index in [4.69, 9.17) is 14.2 Å². The van der Waals surface area contributed by atoms with Crippen molar-refractivity contribution in [1.29, 1.82) is 0 Å². The second-order valence-electron chi connectivity index (χ2n) is 13.0. The Bertz CT molecular complexity index is 1220. The Kier molecular flexibility index (Phi) is 4.65. The van der Waals surface area contributed by atoms with E-state index < -0.39 is 93.3 Å². The van der Waals surface area contributed by atoms with Crippen LogP contribution in [0.1, 0.15) is 57.9 Å². The summed E-state index contributed by atoms with van der Waals surface area (Å²) in [5.74, 6) is -4.18. The molecule has 12 heteroatoms. The molecule has 2 saturated heterocycles. The normalized spacial score (nSPS) is 60.0. The summed E-state index contributed by atoms with van der Waals surface area (Å²) in [6, 6.07) is 2.99. The number of aromatic amines is 1. The molecule has 12 unspecified atom stereocenters. The average Bonchev–Trinajstić information content (AvgIpc) is 3.44. The van der Waals surface area contributed by atoms with Crippen LogP contribution in [0.5, 0.6) is 0 Å². The van der Waals surface area contributed by atoms with Crippen LogP contribution in [0.4, 0.5) is 0 Å². The molecule has 212 valence electrons. The van der Waals surface area contributed by atoms with Crippen LogP contribution in [-0.2, 0) is 14.2 Å². The van der Waals surface area contributed by atoms with Gasteiger partial charge in [-0.1, -0.05) is 20.8 Å². The summed E-state index contributed by atoms with van der Waals surface area (Å²) in [6.07, 6.45) is -4.78. The van der Waals surface area contributed by atoms with Crippen LogP contribution in [-0.4, -0.2) is 112 Å². The first-order valence-electron chi connectivity index (χ1n) is 12.9. The molecule has 3 heterocycles. The first-order valence-corrected chi connectivity index (χ1v) is 12.9. The number of nitrogens with one attached hydrogen (secondary N) is 1. The minimum atomic E-state index is -2.77. The monoisotopic (exact) mass is 539 g/mol. The van der Waals surface area contributed by atoms with Crippen molar-refractivity contribution >= 4 is 5.97 Å². The third-order valence-electron chi connectivity index (χ3n) is 11.7. The number of H-pyrrole nitrogens is 1. The van der Waals surface area contributed by atoms with Gasteiger partial charge in [-0.15, -0.1) is 0 Å². The molecule has 12 atom stereocenters. The van der Waals surface area contributed by atoms with E-state index in [-0.39, 0.29) is 5.69 Å². The summed E-state index contributed by atoms with van der Waals surface area (Å²) in [7, 11) is 1.18. The van der Waals surface area contributed by atoms with E-state index in [9.17, 15) is 40.5 Å². The fraction of sp³-hybridized carbons (Fsp3) is 0.808. The Morgan fingerprint density at radius 2 is 1.74 bits per heavy atom. The van der Waals surface area contributed by atoms with Gasteiger partial charge in [0.05, 0.1) is 11.5 Å². The zero-order valence-corrected chi connectivity index (χ0v) is 22.2. The molecule has 1 aromatic rings. The maximum Gasteiger partial charge on any atom is 0.355 e. The van der Waals surface area contributed by atoms with Gasteiger partial charge in [-0.25, -0.2) is 4.79 Å². The number of rotatable bonds is 4. The van der Waals surface area contributed by atoms with E-state index in [0.717, 1.165) is 0 Å². The minimum absolute atomic E-state index is 0.0123. The van der Waals surface area contributed by atoms with Crippen molar-refractivity contribution in [2.24, 2.45) is 16.7 Å². The molecule has 4 aliphatic carbocycles. The highest BCUT2D eigenvalue weighted by Gasteiger charge is 3.11. The number of esters is 1. The van der Waals surface area contributed by atoms with Gasteiger partial charge in [0, 0.05) is 31.6 Å². The largest absolute Gasteiger partial charge is 0.451 e. The van der Waals surface area contributed by atoms with Crippen LogP contribution in [0.25, 0.3) is 0 Å². The molecule has 2 aliphatic heterocycles. The quantitative estimate of drug-likeness (QED) is 0.208. The number of carbonyl (C=O) groups excluding carboxylic acids is 1. The van der Waals surface area contributed by atoms with E-state index in [2.05, 4.69) is 4.98 Å². The highest BCUT2D eigenvalue weighted by Crippen LogP contribution is 2.90. The Morgan fingerprint density at radius 1 is 1.11 bits per heavy atom. The smallest absolute Gasteiger partial charge is 0.355 e. The van der Waals surface area contributed by atoms with Crippen LogP contribution in [0.15, 0.2) is 18.3 Å². The molecule has 1 aromatic heterocycles. The van der Waals surface area contributed by atoms with Gasteiger partial charge < -0.3 is 54.9 Å². The second kappa shape index (κ2) is 6.64. The highest BCUT2D eigenvalue weighted by molar-refractivity contribution is 5.87. The number of aliphatic hydroxyl groups is 7. The van der Waals surface area contributed by atoms with Gasteiger partial charge in [0.1, 0.15) is 39.8 Å². The van der Waals surface area contributed by atoms with Crippen LogP contribution in [0, 0.1) is 16.7 Å². The Morgan fingerprint density at radius 3 is 2.26 bits per heavy atom. The molecule has 4 saturated carbocycles. The number of hydrogen-bond donors (Lipinski definition) is 8. The van der Waals surface area contributed by atoms with Crippen LogP contribution in [0.2, 0.25) is 0 Å². The summed E-state index contributed by atoms with van der Waals surface area (Å²) in [6.45, 7) is 7.14. The van der Waals surface area contributed by atoms with E-state index in [1.807, 2.05) is 0 Å². The van der Waals surface area contributed by atoms with Gasteiger partial charge in [-0.05, 0) is 31.9 Å². The third kappa shape index (κ3) is 1.95. The number of aromatic nitrogens is 1. The van der Waals surface area contributed by atoms with E-state index in [1.54, 1.807) is 19.9 Å². The lowest BCUT2D eigenvalue weighted by molar-refractivity contribution is -0.408. The molecule has 8 N–H and O–H groups in total. The van der Waals surface area contributed by atoms with Crippen molar-refractivity contribution in [2.75, 3.05) is 7.11 Å². The average molecular weight is 540 g/mol. The topological polar surface area (TPSA) is 202 Å². The van der Waals surface area contributed by atoms with Gasteiger partial charge in [-0.2, -0.15) is 0 Å². The molecule has 0 aromatic carbocycles. The summed E-state index contributed by atoms with van der Waals surface area (Å²) >= 11 is 0. The number of methoxy groups -OCH3 is 1. The molecule has 0 amide bonds. The minimum Gasteiger partial charge on any atom is -0.451 e. The first kappa shape index (κ1) is 26.6. The Balaban J connectivity index is 1.71. The molecule has 6 aliphatic rings. The van der Waals surface area contributed by atoms with E-state index in [0.29, 0.717) is 0 Å². The SMILES string of the molecule is COC1C(C)(O)C(O)CC2(O)C3(C)CC4(O)OC12C1(O)C3(O)C(OC(=O)c2ccc[nH]2)C(O)(C(C)C)C41C. The maximum atomic E-state index is 13.3. The molecular weight excluding hydrogens is 502 g/mol. The zero-order valence-electron chi connectivity index (χ0n) is 22.2. The van der Waals surface area contributed by atoms with Gasteiger partial charge in [0.2, 0.25) is 0 Å². The molecule has 7 rings (SSSR count). The molecular formula is C26H37NO11. The van der Waals surface area contributed by atoms with Crippen molar-refractivity contribution in [3.05, 3.63) is 24.0 Å². The van der Waals surface area contributed by atoms with Gasteiger partial charge in [0.15, 0.2) is 17.5 Å². The molecule has 38 heavy (non-hydrogen) atoms. The molecule has 1 spiro atoms. The van der Waals surface area contributed by atoms with Crippen molar-refractivity contribution in [3.63, 3.8) is 0 Å². The van der Waals surface area contributed by atoms with Crippen molar-refractivity contribution in [1.82, 2.24) is 4.98 Å². The number of aliphatic hydroxyl groups excluding tert-OH is 1. The van der Waals surface area contributed by atoms with Gasteiger partial charge in [0.25, 0.3) is 0 Å². The van der Waals surface area contributed by atoms with Gasteiger partial charge in [-0.3, -0.25) is 0 Å². The first-order chi connectivity index (χ1) is 17.3. The van der Waals surface area contributed by atoms with Crippen molar-refractivity contribution < 1.29 is 54.8 Å². The maximum absolute atomic E-state index is 13.3. The van der Waals surface area contributed by atoms with Crippen LogP contribution >= 0.6 is 0 Å². The predicted octanol–water partition coefficient (Wildman–Crippen LogP) is -1.45. The molecule has 12 nitrogen and oxygen atoms in total. The molecule has 6 fully saturated rings. The van der Waals surface area contributed by atoms with E-state index >= 15 is 0 Å². The summed E-state index contributed by atoms with van der Waals surface area (Å²) < 4.78 is 17.7. The van der Waals surface area contributed by atoms with E-state index in [1.165, 1.54) is 40.1 Å². The third-order valence-corrected chi connectivity index (χ3v) is 11.7. The van der Waals surface area contributed by atoms with Crippen LogP contribution in [0.3, 0.4) is 0 Å². The summed E-state index contributed by atoms with van der Waals surface area (Å²) in [5.41, 5.74) is -18.8. The zero-order chi connectivity index (χ0) is 28.3. The number of hydrogen-bond acceptors (Lipinski definition) is 11. The lowest BCUT2D eigenvalue weighted by atomic mass is 9.52. The lowest BCUT2D eigenvalue weighted by Gasteiger charge is -2.63. The number of carbonyl (C=O) groups is 1. The fourth-order valence-electron chi connectivity index (χ4n) is 9.90. The fourth-order valence-corrected chi connectivity index (χ4v) is 9.90. The standard InChI is InChI=1S/C26H37NO11/c1-12(2)23(33)17(37-15(29)13-8-7-9-27-13)24(34)18(3)11-22(32)20(23,5)26(24,35)25(38-22)16(36-6)19(4,30)14(28)10-21(18,25)31/h7-9,12,14,16-17,27-28,30-35H,10-11H2,1-6H3. The predicted molar refractivity (Wildman–Crippen MR) is 126 cm³/mol. The highest BCUT2D eigenvalue weighted by atomic mass is 16.7. The lowest BCUT2D eigenvalue weighted by Crippen LogP contribution is -2.81. The van der Waals surface area contributed by atoms with Gasteiger partial charge >= 0.3 is 5.97 Å². The molecule has 6 bridgehead atoms. The summed E-state index contributed by atoms with van der Waals surface area (Å²) in [4.78, 5) is 16.0. The summed E-state index contributed by atoms with van der Waals surface area (Å²) in [5, 5.41) is 85.7. The van der Waals surface area contributed by atoms with Crippen molar-refractivity contribution in [3.8, 4) is 0 Å². The Hall–Kier alpha value is -1.61.